The van der Waals surface area contributed by atoms with Crippen LogP contribution in [0.25, 0.3) is 0 Å². The minimum atomic E-state index is -3.73. The molecule has 1 amide bonds. The Labute approximate surface area is 171 Å². The van der Waals surface area contributed by atoms with Crippen LogP contribution in [0.2, 0.25) is 5.02 Å². The maximum atomic E-state index is 13.0. The van der Waals surface area contributed by atoms with Crippen LogP contribution < -0.4 is 5.32 Å². The van der Waals surface area contributed by atoms with Gasteiger partial charge < -0.3 is 5.32 Å². The zero-order chi connectivity index (χ0) is 20.1. The highest BCUT2D eigenvalue weighted by atomic mass is 35.5. The standard InChI is InChI=1S/C21H25ClN2O3S/c1-16(9-10-17-6-3-2-4-7-17)23-21(25)20-8-5-15-24(20)28(26,27)19-13-11-18(22)12-14-19/h2-4,6-7,11-14,16,20H,5,8-10,15H2,1H3,(H,23,25)/t16-,20-/m0/s1. The van der Waals surface area contributed by atoms with E-state index in [4.69, 9.17) is 11.6 Å². The van der Waals surface area contributed by atoms with Crippen LogP contribution in [0.3, 0.4) is 0 Å². The van der Waals surface area contributed by atoms with Gasteiger partial charge in [0.25, 0.3) is 0 Å². The minimum Gasteiger partial charge on any atom is -0.352 e. The van der Waals surface area contributed by atoms with E-state index in [1.807, 2.05) is 25.1 Å². The summed E-state index contributed by atoms with van der Waals surface area (Å²) in [5.74, 6) is -0.226. The van der Waals surface area contributed by atoms with Crippen LogP contribution in [0, 0.1) is 0 Å². The molecule has 0 spiro atoms. The molecule has 1 fully saturated rings. The average molecular weight is 421 g/mol. The van der Waals surface area contributed by atoms with E-state index in [9.17, 15) is 13.2 Å². The molecule has 1 N–H and O–H groups in total. The van der Waals surface area contributed by atoms with Gasteiger partial charge in [-0.2, -0.15) is 4.31 Å². The van der Waals surface area contributed by atoms with Crippen molar-refractivity contribution in [3.63, 3.8) is 0 Å². The molecule has 2 aromatic rings. The topological polar surface area (TPSA) is 66.5 Å². The van der Waals surface area contributed by atoms with Crippen LogP contribution in [0.4, 0.5) is 0 Å². The van der Waals surface area contributed by atoms with Crippen molar-refractivity contribution in [2.45, 2.75) is 49.6 Å². The number of nitrogens with one attached hydrogen (secondary N) is 1. The van der Waals surface area contributed by atoms with Crippen LogP contribution in [0.15, 0.2) is 59.5 Å². The number of halogens is 1. The number of nitrogens with zero attached hydrogens (tertiary/aromatic N) is 1. The largest absolute Gasteiger partial charge is 0.352 e. The Morgan fingerprint density at radius 1 is 1.18 bits per heavy atom. The summed E-state index contributed by atoms with van der Waals surface area (Å²) >= 11 is 5.86. The molecule has 0 aliphatic carbocycles. The third-order valence-corrected chi connectivity index (χ3v) is 7.20. The number of carbonyl (C=O) groups excluding carboxylic acids is 1. The van der Waals surface area contributed by atoms with Crippen LogP contribution in [-0.4, -0.2) is 37.3 Å². The molecule has 1 saturated heterocycles. The summed E-state index contributed by atoms with van der Waals surface area (Å²) < 4.78 is 27.2. The summed E-state index contributed by atoms with van der Waals surface area (Å²) in [6.07, 6.45) is 2.86. The van der Waals surface area contributed by atoms with Crippen molar-refractivity contribution in [2.75, 3.05) is 6.54 Å². The first-order valence-electron chi connectivity index (χ1n) is 9.49. The van der Waals surface area contributed by atoms with E-state index in [1.165, 1.54) is 22.0 Å². The molecule has 1 heterocycles. The number of carbonyl (C=O) groups is 1. The predicted octanol–water partition coefficient (Wildman–Crippen LogP) is 3.63. The van der Waals surface area contributed by atoms with Gasteiger partial charge >= 0.3 is 0 Å². The molecular weight excluding hydrogens is 396 g/mol. The zero-order valence-electron chi connectivity index (χ0n) is 15.8. The molecule has 2 aromatic carbocycles. The summed E-state index contributed by atoms with van der Waals surface area (Å²) in [7, 11) is -3.73. The highest BCUT2D eigenvalue weighted by Crippen LogP contribution is 2.27. The van der Waals surface area contributed by atoms with Crippen molar-refractivity contribution in [1.82, 2.24) is 9.62 Å². The summed E-state index contributed by atoms with van der Waals surface area (Å²) in [6, 6.07) is 15.4. The Hall–Kier alpha value is -1.89. The highest BCUT2D eigenvalue weighted by Gasteiger charge is 2.39. The highest BCUT2D eigenvalue weighted by molar-refractivity contribution is 7.89. The molecule has 0 aromatic heterocycles. The van der Waals surface area contributed by atoms with E-state index >= 15 is 0 Å². The second kappa shape index (κ2) is 9.07. The number of sulfonamides is 1. The van der Waals surface area contributed by atoms with Crippen LogP contribution in [-0.2, 0) is 21.2 Å². The molecule has 1 aliphatic heterocycles. The van der Waals surface area contributed by atoms with Crippen molar-refractivity contribution in [3.05, 3.63) is 65.2 Å². The lowest BCUT2D eigenvalue weighted by atomic mass is 10.1. The molecule has 0 bridgehead atoms. The smallest absolute Gasteiger partial charge is 0.243 e. The quantitative estimate of drug-likeness (QED) is 0.743. The molecule has 3 rings (SSSR count). The first kappa shape index (κ1) is 20.8. The first-order chi connectivity index (χ1) is 13.4. The number of aryl methyl sites for hydroxylation is 1. The summed E-state index contributed by atoms with van der Waals surface area (Å²) in [5, 5.41) is 3.46. The SMILES string of the molecule is C[C@@H](CCc1ccccc1)NC(=O)[C@@H]1CCCN1S(=O)(=O)c1ccc(Cl)cc1. The Morgan fingerprint density at radius 3 is 2.54 bits per heavy atom. The van der Waals surface area contributed by atoms with Gasteiger partial charge in [-0.3, -0.25) is 4.79 Å². The number of rotatable bonds is 7. The number of benzene rings is 2. The normalized spacial score (nSPS) is 18.7. The molecule has 1 aliphatic rings. The van der Waals surface area contributed by atoms with Crippen molar-refractivity contribution in [2.24, 2.45) is 0 Å². The van der Waals surface area contributed by atoms with Crippen LogP contribution in [0.5, 0.6) is 0 Å². The van der Waals surface area contributed by atoms with E-state index in [1.54, 1.807) is 12.1 Å². The van der Waals surface area contributed by atoms with E-state index in [0.29, 0.717) is 24.4 Å². The Bertz CT molecular complexity index is 901. The van der Waals surface area contributed by atoms with E-state index in [2.05, 4.69) is 17.4 Å². The summed E-state index contributed by atoms with van der Waals surface area (Å²) in [4.78, 5) is 12.9. The monoisotopic (exact) mass is 420 g/mol. The molecule has 0 radical (unpaired) electrons. The molecule has 2 atom stereocenters. The van der Waals surface area contributed by atoms with E-state index < -0.39 is 16.1 Å². The van der Waals surface area contributed by atoms with Gasteiger partial charge in [0, 0.05) is 17.6 Å². The zero-order valence-corrected chi connectivity index (χ0v) is 17.4. The third kappa shape index (κ3) is 4.93. The van der Waals surface area contributed by atoms with E-state index in [-0.39, 0.29) is 16.8 Å². The van der Waals surface area contributed by atoms with Gasteiger partial charge in [-0.15, -0.1) is 0 Å². The van der Waals surface area contributed by atoms with Crippen molar-refractivity contribution in [3.8, 4) is 0 Å². The van der Waals surface area contributed by atoms with Gasteiger partial charge in [0.2, 0.25) is 15.9 Å². The van der Waals surface area contributed by atoms with Gasteiger partial charge in [0.05, 0.1) is 4.90 Å². The minimum absolute atomic E-state index is 0.0339. The van der Waals surface area contributed by atoms with Crippen molar-refractivity contribution < 1.29 is 13.2 Å². The summed E-state index contributed by atoms with van der Waals surface area (Å²) in [5.41, 5.74) is 1.22. The van der Waals surface area contributed by atoms with Crippen LogP contribution in [0.1, 0.15) is 31.7 Å². The lowest BCUT2D eigenvalue weighted by Gasteiger charge is -2.25. The third-order valence-electron chi connectivity index (χ3n) is 5.02. The molecular formula is C21H25ClN2O3S. The fourth-order valence-corrected chi connectivity index (χ4v) is 5.25. The maximum Gasteiger partial charge on any atom is 0.243 e. The fraction of sp³-hybridized carbons (Fsp3) is 0.381. The second-order valence-corrected chi connectivity index (χ2v) is 9.49. The average Bonchev–Trinajstić information content (AvgIpc) is 3.18. The van der Waals surface area contributed by atoms with E-state index in [0.717, 1.165) is 12.8 Å². The fourth-order valence-electron chi connectivity index (χ4n) is 3.47. The van der Waals surface area contributed by atoms with Gasteiger partial charge in [-0.05, 0) is 62.4 Å². The first-order valence-corrected chi connectivity index (χ1v) is 11.3. The van der Waals surface area contributed by atoms with Crippen molar-refractivity contribution in [1.29, 1.82) is 0 Å². The Morgan fingerprint density at radius 2 is 1.86 bits per heavy atom. The Kier molecular flexibility index (Phi) is 6.75. The maximum absolute atomic E-state index is 13.0. The molecule has 5 nitrogen and oxygen atoms in total. The molecule has 7 heteroatoms. The molecule has 0 unspecified atom stereocenters. The molecule has 0 saturated carbocycles. The lowest BCUT2D eigenvalue weighted by Crippen LogP contribution is -2.48. The number of hydrogen-bond donors (Lipinski definition) is 1. The molecule has 28 heavy (non-hydrogen) atoms. The van der Waals surface area contributed by atoms with Crippen molar-refractivity contribution >= 4 is 27.5 Å². The van der Waals surface area contributed by atoms with Gasteiger partial charge in [-0.1, -0.05) is 41.9 Å². The number of hydrogen-bond acceptors (Lipinski definition) is 3. The van der Waals surface area contributed by atoms with Crippen LogP contribution >= 0.6 is 11.6 Å². The lowest BCUT2D eigenvalue weighted by molar-refractivity contribution is -0.124. The predicted molar refractivity (Wildman–Crippen MR) is 111 cm³/mol. The Balaban J connectivity index is 1.63. The second-order valence-electron chi connectivity index (χ2n) is 7.16. The van der Waals surface area contributed by atoms with Gasteiger partial charge in [0.15, 0.2) is 0 Å². The number of amides is 1. The van der Waals surface area contributed by atoms with Gasteiger partial charge in [-0.25, -0.2) is 8.42 Å². The summed E-state index contributed by atoms with van der Waals surface area (Å²) in [6.45, 7) is 2.30. The van der Waals surface area contributed by atoms with Gasteiger partial charge in [0.1, 0.15) is 6.04 Å². The molecule has 150 valence electrons.